The van der Waals surface area contributed by atoms with Crippen LogP contribution < -0.4 is 4.74 Å². The summed E-state index contributed by atoms with van der Waals surface area (Å²) < 4.78 is 46.7. The van der Waals surface area contributed by atoms with Gasteiger partial charge in [0.2, 0.25) is 0 Å². The van der Waals surface area contributed by atoms with Crippen LogP contribution in [0.1, 0.15) is 29.4 Å². The van der Waals surface area contributed by atoms with Gasteiger partial charge in [0, 0.05) is 17.9 Å². The number of hydrogen-bond donors (Lipinski definition) is 0. The van der Waals surface area contributed by atoms with Gasteiger partial charge in [0.25, 0.3) is 0 Å². The molecule has 0 aliphatic rings. The number of benzene rings is 3. The number of ether oxygens (including phenoxy) is 1. The molecule has 0 aliphatic heterocycles. The molecule has 0 spiro atoms. The molecule has 1 aromatic heterocycles. The van der Waals surface area contributed by atoms with E-state index in [9.17, 15) is 13.2 Å². The van der Waals surface area contributed by atoms with Crippen molar-refractivity contribution in [3.63, 3.8) is 0 Å². The minimum Gasteiger partial charge on any atom is -0.494 e. The molecule has 4 aromatic rings. The Bertz CT molecular complexity index is 1190. The molecule has 0 amide bonds. The second-order valence-corrected chi connectivity index (χ2v) is 8.25. The van der Waals surface area contributed by atoms with Crippen LogP contribution in [-0.4, -0.2) is 21.4 Å². The highest BCUT2D eigenvalue weighted by atomic mass is 32.2. The molecule has 0 radical (unpaired) electrons. The maximum absolute atomic E-state index is 13.1. The van der Waals surface area contributed by atoms with Crippen molar-refractivity contribution in [2.24, 2.45) is 0 Å². The number of alkyl halides is 3. The summed E-state index contributed by atoms with van der Waals surface area (Å²) >= 11 is 1.35. The minimum absolute atomic E-state index is 0.338. The second kappa shape index (κ2) is 10.1. The molecule has 0 bridgehead atoms. The topological polar surface area (TPSA) is 39.9 Å². The molecule has 0 aliphatic carbocycles. The number of halogens is 3. The third-order valence-corrected chi connectivity index (χ3v) is 5.93. The molecule has 0 atom stereocenters. The molecule has 4 rings (SSSR count). The standard InChI is InChI=1S/C25H22F3N3OS/c1-2-32-22-13-11-21(12-14-22)31-23(16-18-7-4-3-5-8-18)29-30-24(31)33-17-19-9-6-10-20(15-19)25(26,27)28/h3-15H,2,16-17H2,1H3. The number of nitrogens with zero attached hydrogens (tertiary/aromatic N) is 3. The van der Waals surface area contributed by atoms with Gasteiger partial charge < -0.3 is 4.74 Å². The molecule has 0 saturated carbocycles. The molecule has 170 valence electrons. The molecule has 0 unspecified atom stereocenters. The van der Waals surface area contributed by atoms with Crippen molar-refractivity contribution in [1.82, 2.24) is 14.8 Å². The minimum atomic E-state index is -4.37. The zero-order valence-corrected chi connectivity index (χ0v) is 18.7. The summed E-state index contributed by atoms with van der Waals surface area (Å²) in [6.45, 7) is 2.50. The second-order valence-electron chi connectivity index (χ2n) is 7.31. The van der Waals surface area contributed by atoms with Gasteiger partial charge in [-0.05, 0) is 48.4 Å². The molecule has 0 N–H and O–H groups in total. The molecular weight excluding hydrogens is 447 g/mol. The molecular formula is C25H22F3N3OS. The Kier molecular flexibility index (Phi) is 7.03. The van der Waals surface area contributed by atoms with E-state index in [1.165, 1.54) is 23.9 Å². The van der Waals surface area contributed by atoms with E-state index in [1.54, 1.807) is 6.07 Å². The van der Waals surface area contributed by atoms with Crippen molar-refractivity contribution in [2.45, 2.75) is 30.4 Å². The van der Waals surface area contributed by atoms with Gasteiger partial charge in [-0.15, -0.1) is 10.2 Å². The summed E-state index contributed by atoms with van der Waals surface area (Å²) in [7, 11) is 0. The van der Waals surface area contributed by atoms with Crippen LogP contribution in [0.15, 0.2) is 84.0 Å². The number of rotatable bonds is 8. The summed E-state index contributed by atoms with van der Waals surface area (Å²) in [5.74, 6) is 1.85. The van der Waals surface area contributed by atoms with Gasteiger partial charge in [0.05, 0.1) is 12.2 Å². The van der Waals surface area contributed by atoms with Crippen molar-refractivity contribution >= 4 is 11.8 Å². The van der Waals surface area contributed by atoms with Crippen LogP contribution in [-0.2, 0) is 18.3 Å². The quantitative estimate of drug-likeness (QED) is 0.274. The van der Waals surface area contributed by atoms with Crippen LogP contribution in [0.3, 0.4) is 0 Å². The highest BCUT2D eigenvalue weighted by Crippen LogP contribution is 2.32. The molecule has 0 saturated heterocycles. The average Bonchev–Trinajstić information content (AvgIpc) is 3.21. The van der Waals surface area contributed by atoms with Gasteiger partial charge >= 0.3 is 6.18 Å². The van der Waals surface area contributed by atoms with E-state index < -0.39 is 11.7 Å². The number of aromatic nitrogens is 3. The Morgan fingerprint density at radius 2 is 1.61 bits per heavy atom. The first-order chi connectivity index (χ1) is 15.9. The fraction of sp³-hybridized carbons (Fsp3) is 0.200. The van der Waals surface area contributed by atoms with E-state index >= 15 is 0 Å². The smallest absolute Gasteiger partial charge is 0.416 e. The van der Waals surface area contributed by atoms with Crippen LogP contribution in [0.4, 0.5) is 13.2 Å². The molecule has 4 nitrogen and oxygen atoms in total. The maximum Gasteiger partial charge on any atom is 0.416 e. The SMILES string of the molecule is CCOc1ccc(-n2c(Cc3ccccc3)nnc2SCc2cccc(C(F)(F)F)c2)cc1. The summed E-state index contributed by atoms with van der Waals surface area (Å²) in [4.78, 5) is 0. The lowest BCUT2D eigenvalue weighted by atomic mass is 10.1. The van der Waals surface area contributed by atoms with Crippen LogP contribution in [0.2, 0.25) is 0 Å². The predicted molar refractivity (Wildman–Crippen MR) is 123 cm³/mol. The largest absolute Gasteiger partial charge is 0.494 e. The van der Waals surface area contributed by atoms with E-state index in [-0.39, 0.29) is 0 Å². The molecule has 1 heterocycles. The van der Waals surface area contributed by atoms with Crippen molar-refractivity contribution in [1.29, 1.82) is 0 Å². The van der Waals surface area contributed by atoms with E-state index in [0.29, 0.717) is 29.5 Å². The maximum atomic E-state index is 13.1. The predicted octanol–water partition coefficient (Wildman–Crippen LogP) is 6.57. The van der Waals surface area contributed by atoms with Gasteiger partial charge in [0.15, 0.2) is 5.16 Å². The summed E-state index contributed by atoms with van der Waals surface area (Å²) in [6.07, 6.45) is -3.79. The number of thioether (sulfide) groups is 1. The molecule has 8 heteroatoms. The number of hydrogen-bond acceptors (Lipinski definition) is 4. The van der Waals surface area contributed by atoms with Gasteiger partial charge in [-0.3, -0.25) is 4.57 Å². The van der Waals surface area contributed by atoms with Gasteiger partial charge in [-0.2, -0.15) is 13.2 Å². The van der Waals surface area contributed by atoms with E-state index in [0.717, 1.165) is 28.9 Å². The fourth-order valence-corrected chi connectivity index (χ4v) is 4.30. The van der Waals surface area contributed by atoms with Crippen molar-refractivity contribution < 1.29 is 17.9 Å². The highest BCUT2D eigenvalue weighted by molar-refractivity contribution is 7.98. The van der Waals surface area contributed by atoms with Gasteiger partial charge in [-0.1, -0.05) is 60.3 Å². The summed E-state index contributed by atoms with van der Waals surface area (Å²) in [5, 5.41) is 9.37. The monoisotopic (exact) mass is 469 g/mol. The van der Waals surface area contributed by atoms with Crippen LogP contribution in [0, 0.1) is 0 Å². The molecule has 33 heavy (non-hydrogen) atoms. The van der Waals surface area contributed by atoms with Crippen LogP contribution in [0.5, 0.6) is 5.75 Å². The van der Waals surface area contributed by atoms with E-state index in [1.807, 2.05) is 66.1 Å². The molecule has 0 fully saturated rings. The van der Waals surface area contributed by atoms with Crippen LogP contribution >= 0.6 is 11.8 Å². The van der Waals surface area contributed by atoms with E-state index in [4.69, 9.17) is 4.74 Å². The first-order valence-electron chi connectivity index (χ1n) is 10.4. The Hall–Kier alpha value is -3.26. The fourth-order valence-electron chi connectivity index (χ4n) is 3.39. The highest BCUT2D eigenvalue weighted by Gasteiger charge is 2.30. The summed E-state index contributed by atoms with van der Waals surface area (Å²) in [6, 6.07) is 22.9. The lowest BCUT2D eigenvalue weighted by molar-refractivity contribution is -0.137. The van der Waals surface area contributed by atoms with E-state index in [2.05, 4.69) is 10.2 Å². The first kappa shape index (κ1) is 22.9. The molecule has 3 aromatic carbocycles. The average molecular weight is 470 g/mol. The Labute approximate surface area is 194 Å². The van der Waals surface area contributed by atoms with Gasteiger partial charge in [0.1, 0.15) is 11.6 Å². The Morgan fingerprint density at radius 1 is 0.879 bits per heavy atom. The first-order valence-corrected chi connectivity index (χ1v) is 11.4. The zero-order chi connectivity index (χ0) is 23.3. The zero-order valence-electron chi connectivity index (χ0n) is 17.9. The van der Waals surface area contributed by atoms with Crippen molar-refractivity contribution in [2.75, 3.05) is 6.61 Å². The van der Waals surface area contributed by atoms with Crippen molar-refractivity contribution in [3.8, 4) is 11.4 Å². The van der Waals surface area contributed by atoms with Crippen LogP contribution in [0.25, 0.3) is 5.69 Å². The summed E-state index contributed by atoms with van der Waals surface area (Å²) in [5.41, 5.74) is 1.87. The third-order valence-electron chi connectivity index (χ3n) is 4.93. The lowest BCUT2D eigenvalue weighted by Gasteiger charge is -2.12. The third kappa shape index (κ3) is 5.76. The Morgan fingerprint density at radius 3 is 2.30 bits per heavy atom. The normalized spacial score (nSPS) is 11.5. The van der Waals surface area contributed by atoms with Gasteiger partial charge in [-0.25, -0.2) is 0 Å². The Balaban J connectivity index is 1.63. The lowest BCUT2D eigenvalue weighted by Crippen LogP contribution is -2.05. The van der Waals surface area contributed by atoms with Crippen molar-refractivity contribution in [3.05, 3.63) is 101 Å².